The zero-order chi connectivity index (χ0) is 14.1. The molecule has 3 heteroatoms. The molecule has 1 aliphatic rings. The normalized spacial score (nSPS) is 13.8. The molecule has 0 saturated carbocycles. The Labute approximate surface area is 119 Å². The van der Waals surface area contributed by atoms with Crippen molar-refractivity contribution in [1.29, 1.82) is 5.26 Å². The lowest BCUT2D eigenvalue weighted by atomic mass is 9.92. The topological polar surface area (TPSA) is 39.9 Å². The molecule has 0 fully saturated rings. The fourth-order valence-corrected chi connectivity index (χ4v) is 2.90. The Bertz CT molecular complexity index is 698. The van der Waals surface area contributed by atoms with E-state index in [1.807, 2.05) is 25.1 Å². The minimum Gasteiger partial charge on any atom is -0.374 e. The van der Waals surface area contributed by atoms with Gasteiger partial charge in [-0.2, -0.15) is 5.26 Å². The number of fused-ring (bicyclic) bond motifs is 1. The highest BCUT2D eigenvalue weighted by atomic mass is 15.1. The number of aromatic nitrogens is 1. The molecule has 0 radical (unpaired) electrons. The van der Waals surface area contributed by atoms with Gasteiger partial charge in [-0.05, 0) is 43.5 Å². The third-order valence-electron chi connectivity index (χ3n) is 3.99. The van der Waals surface area contributed by atoms with E-state index in [4.69, 9.17) is 0 Å². The van der Waals surface area contributed by atoms with Crippen molar-refractivity contribution in [1.82, 2.24) is 4.98 Å². The van der Waals surface area contributed by atoms with E-state index in [1.54, 1.807) is 6.20 Å². The van der Waals surface area contributed by atoms with Gasteiger partial charge >= 0.3 is 0 Å². The predicted octanol–water partition coefficient (Wildman–Crippen LogP) is 3.31. The molecular weight excluding hydrogens is 246 g/mol. The summed E-state index contributed by atoms with van der Waals surface area (Å²) >= 11 is 0. The molecule has 0 saturated heterocycles. The molecule has 20 heavy (non-hydrogen) atoms. The maximum absolute atomic E-state index is 9.47. The van der Waals surface area contributed by atoms with E-state index in [0.29, 0.717) is 0 Å². The largest absolute Gasteiger partial charge is 0.374 e. The highest BCUT2D eigenvalue weighted by Gasteiger charge is 2.18. The van der Waals surface area contributed by atoms with E-state index < -0.39 is 0 Å². The number of nitriles is 1. The minimum absolute atomic E-state index is 0.730. The van der Waals surface area contributed by atoms with E-state index in [1.165, 1.54) is 17.7 Å². The summed E-state index contributed by atoms with van der Waals surface area (Å²) in [7, 11) is 2.09. The SMILES string of the molecule is Cc1ncccc1-c1cc2c(cc1C#N)N(C)CCC2. The van der Waals surface area contributed by atoms with Crippen molar-refractivity contribution in [3.63, 3.8) is 0 Å². The van der Waals surface area contributed by atoms with Crippen LogP contribution < -0.4 is 4.90 Å². The Balaban J connectivity index is 2.22. The van der Waals surface area contributed by atoms with Gasteiger partial charge in [0.15, 0.2) is 0 Å². The number of anilines is 1. The molecule has 2 heterocycles. The molecule has 3 nitrogen and oxygen atoms in total. The lowest BCUT2D eigenvalue weighted by molar-refractivity contribution is 0.744. The van der Waals surface area contributed by atoms with Gasteiger partial charge in [-0.3, -0.25) is 4.98 Å². The van der Waals surface area contributed by atoms with Gasteiger partial charge < -0.3 is 4.90 Å². The third kappa shape index (κ3) is 2.04. The van der Waals surface area contributed by atoms with Crippen LogP contribution in [0, 0.1) is 18.3 Å². The molecule has 1 aromatic carbocycles. The summed E-state index contributed by atoms with van der Waals surface area (Å²) < 4.78 is 0. The lowest BCUT2D eigenvalue weighted by Gasteiger charge is -2.28. The molecule has 1 aromatic heterocycles. The number of rotatable bonds is 1. The van der Waals surface area contributed by atoms with Gasteiger partial charge in [-0.25, -0.2) is 0 Å². The van der Waals surface area contributed by atoms with E-state index in [9.17, 15) is 5.26 Å². The second-order valence-electron chi connectivity index (χ2n) is 5.30. The van der Waals surface area contributed by atoms with Gasteiger partial charge in [0, 0.05) is 42.3 Å². The Kier molecular flexibility index (Phi) is 3.15. The Hall–Kier alpha value is -2.34. The van der Waals surface area contributed by atoms with Crippen LogP contribution in [0.5, 0.6) is 0 Å². The van der Waals surface area contributed by atoms with Crippen LogP contribution in [-0.2, 0) is 6.42 Å². The molecule has 1 aliphatic heterocycles. The van der Waals surface area contributed by atoms with Crippen LogP contribution in [0.15, 0.2) is 30.5 Å². The standard InChI is InChI=1S/C17H17N3/c1-12-15(6-3-7-19-12)16-9-13-5-4-8-20(2)17(13)10-14(16)11-18/h3,6-7,9-10H,4-5,8H2,1-2H3. The minimum atomic E-state index is 0.730. The third-order valence-corrected chi connectivity index (χ3v) is 3.99. The first kappa shape index (κ1) is 12.7. The van der Waals surface area contributed by atoms with Gasteiger partial charge in [0.05, 0.1) is 11.6 Å². The summed E-state index contributed by atoms with van der Waals surface area (Å²) in [4.78, 5) is 6.57. The molecular formula is C17H17N3. The van der Waals surface area contributed by atoms with Gasteiger partial charge in [0.2, 0.25) is 0 Å². The first-order valence-corrected chi connectivity index (χ1v) is 6.91. The van der Waals surface area contributed by atoms with E-state index in [2.05, 4.69) is 29.1 Å². The van der Waals surface area contributed by atoms with Crippen molar-refractivity contribution in [3.05, 3.63) is 47.3 Å². The molecule has 0 amide bonds. The van der Waals surface area contributed by atoms with E-state index in [-0.39, 0.29) is 0 Å². The fraction of sp³-hybridized carbons (Fsp3) is 0.294. The quantitative estimate of drug-likeness (QED) is 0.792. The smallest absolute Gasteiger partial charge is 0.0998 e. The fourth-order valence-electron chi connectivity index (χ4n) is 2.90. The van der Waals surface area contributed by atoms with Crippen molar-refractivity contribution in [2.75, 3.05) is 18.5 Å². The Morgan fingerprint density at radius 1 is 1.30 bits per heavy atom. The molecule has 3 rings (SSSR count). The molecule has 100 valence electrons. The van der Waals surface area contributed by atoms with Crippen LogP contribution in [0.4, 0.5) is 5.69 Å². The van der Waals surface area contributed by atoms with Crippen LogP contribution >= 0.6 is 0 Å². The maximum atomic E-state index is 9.47. The van der Waals surface area contributed by atoms with Crippen molar-refractivity contribution >= 4 is 5.69 Å². The highest BCUT2D eigenvalue weighted by molar-refractivity contribution is 5.77. The highest BCUT2D eigenvalue weighted by Crippen LogP contribution is 2.34. The zero-order valence-corrected chi connectivity index (χ0v) is 11.8. The van der Waals surface area contributed by atoms with Crippen molar-refractivity contribution in [2.45, 2.75) is 19.8 Å². The molecule has 0 spiro atoms. The van der Waals surface area contributed by atoms with Crippen molar-refractivity contribution < 1.29 is 0 Å². The molecule has 0 aliphatic carbocycles. The number of nitrogens with zero attached hydrogens (tertiary/aromatic N) is 3. The van der Waals surface area contributed by atoms with Gasteiger partial charge in [-0.15, -0.1) is 0 Å². The Morgan fingerprint density at radius 3 is 2.90 bits per heavy atom. The monoisotopic (exact) mass is 263 g/mol. The number of pyridine rings is 1. The molecule has 0 atom stereocenters. The maximum Gasteiger partial charge on any atom is 0.0998 e. The summed E-state index contributed by atoms with van der Waals surface area (Å²) in [5.41, 5.74) is 6.28. The van der Waals surface area contributed by atoms with Crippen LogP contribution in [0.25, 0.3) is 11.1 Å². The summed E-state index contributed by atoms with van der Waals surface area (Å²) in [6.45, 7) is 3.05. The van der Waals surface area contributed by atoms with Gasteiger partial charge in [0.25, 0.3) is 0 Å². The zero-order valence-electron chi connectivity index (χ0n) is 11.8. The second-order valence-corrected chi connectivity index (χ2v) is 5.30. The average molecular weight is 263 g/mol. The molecule has 0 unspecified atom stereocenters. The first-order chi connectivity index (χ1) is 9.70. The number of hydrogen-bond acceptors (Lipinski definition) is 3. The molecule has 0 bridgehead atoms. The first-order valence-electron chi connectivity index (χ1n) is 6.91. The number of hydrogen-bond donors (Lipinski definition) is 0. The predicted molar refractivity (Wildman–Crippen MR) is 80.7 cm³/mol. The summed E-state index contributed by atoms with van der Waals surface area (Å²) in [5, 5.41) is 9.47. The number of aryl methyl sites for hydroxylation is 2. The van der Waals surface area contributed by atoms with Gasteiger partial charge in [0.1, 0.15) is 0 Å². The van der Waals surface area contributed by atoms with Crippen LogP contribution in [0.3, 0.4) is 0 Å². The average Bonchev–Trinajstić information content (AvgIpc) is 2.47. The molecule has 0 N–H and O–H groups in total. The second kappa shape index (κ2) is 4.97. The van der Waals surface area contributed by atoms with E-state index >= 15 is 0 Å². The van der Waals surface area contributed by atoms with Crippen LogP contribution in [-0.4, -0.2) is 18.6 Å². The summed E-state index contributed by atoms with van der Waals surface area (Å²) in [6.07, 6.45) is 4.04. The van der Waals surface area contributed by atoms with Crippen LogP contribution in [0.2, 0.25) is 0 Å². The van der Waals surface area contributed by atoms with Gasteiger partial charge in [-0.1, -0.05) is 6.07 Å². The van der Waals surface area contributed by atoms with Crippen molar-refractivity contribution in [3.8, 4) is 17.2 Å². The Morgan fingerprint density at radius 2 is 2.15 bits per heavy atom. The summed E-state index contributed by atoms with van der Waals surface area (Å²) in [5.74, 6) is 0. The van der Waals surface area contributed by atoms with E-state index in [0.717, 1.165) is 35.3 Å². The lowest BCUT2D eigenvalue weighted by Crippen LogP contribution is -2.24. The summed E-state index contributed by atoms with van der Waals surface area (Å²) in [6, 6.07) is 10.5. The van der Waals surface area contributed by atoms with Crippen LogP contribution in [0.1, 0.15) is 23.2 Å². The molecule has 2 aromatic rings. The number of benzene rings is 1. The van der Waals surface area contributed by atoms with Crippen molar-refractivity contribution in [2.24, 2.45) is 0 Å².